The average molecular weight is 317 g/mol. The first-order valence-electron chi connectivity index (χ1n) is 7.12. The van der Waals surface area contributed by atoms with Crippen molar-refractivity contribution >= 4 is 23.2 Å². The summed E-state index contributed by atoms with van der Waals surface area (Å²) in [5.41, 5.74) is 0.620. The summed E-state index contributed by atoms with van der Waals surface area (Å²) in [6.07, 6.45) is 0.399. The van der Waals surface area contributed by atoms with Gasteiger partial charge in [0.2, 0.25) is 0 Å². The molecule has 1 aromatic carbocycles. The summed E-state index contributed by atoms with van der Waals surface area (Å²) in [6, 6.07) is 10.9. The van der Waals surface area contributed by atoms with E-state index in [1.165, 1.54) is 11.3 Å². The van der Waals surface area contributed by atoms with Gasteiger partial charge in [0.1, 0.15) is 5.41 Å². The number of rotatable bonds is 6. The van der Waals surface area contributed by atoms with Crippen molar-refractivity contribution in [2.24, 2.45) is 0 Å². The van der Waals surface area contributed by atoms with Gasteiger partial charge in [-0.2, -0.15) is 0 Å². The van der Waals surface area contributed by atoms with Crippen LogP contribution in [-0.2, 0) is 10.2 Å². The van der Waals surface area contributed by atoms with Crippen molar-refractivity contribution in [2.45, 2.75) is 25.7 Å². The zero-order valence-electron chi connectivity index (χ0n) is 12.6. The van der Waals surface area contributed by atoms with Crippen LogP contribution in [0.3, 0.4) is 0 Å². The first kappa shape index (κ1) is 16.2. The highest BCUT2D eigenvalue weighted by Gasteiger charge is 2.39. The van der Waals surface area contributed by atoms with Crippen LogP contribution in [0.15, 0.2) is 41.8 Å². The molecule has 0 saturated carbocycles. The van der Waals surface area contributed by atoms with Crippen molar-refractivity contribution in [3.63, 3.8) is 0 Å². The van der Waals surface area contributed by atoms with Gasteiger partial charge >= 0.3 is 5.97 Å². The van der Waals surface area contributed by atoms with Gasteiger partial charge in [-0.15, -0.1) is 11.3 Å². The zero-order chi connectivity index (χ0) is 16.2. The summed E-state index contributed by atoms with van der Waals surface area (Å²) in [6.45, 7) is 3.81. The molecule has 0 spiro atoms. The Balaban J connectivity index is 2.21. The molecular formula is C17H19NO3S. The van der Waals surface area contributed by atoms with E-state index >= 15 is 0 Å². The number of aryl methyl sites for hydroxylation is 1. The van der Waals surface area contributed by atoms with Crippen LogP contribution in [0.1, 0.15) is 34.1 Å². The molecule has 2 N–H and O–H groups in total. The molecule has 1 aromatic heterocycles. The molecule has 4 nitrogen and oxygen atoms in total. The van der Waals surface area contributed by atoms with E-state index in [0.717, 1.165) is 5.56 Å². The van der Waals surface area contributed by atoms with E-state index in [0.29, 0.717) is 16.9 Å². The minimum absolute atomic E-state index is 0.0681. The van der Waals surface area contributed by atoms with E-state index in [4.69, 9.17) is 0 Å². The third kappa shape index (κ3) is 3.20. The molecule has 116 valence electrons. The molecule has 1 atom stereocenters. The summed E-state index contributed by atoms with van der Waals surface area (Å²) in [7, 11) is 0. The summed E-state index contributed by atoms with van der Waals surface area (Å²) >= 11 is 1.36. The molecule has 0 bridgehead atoms. The Labute approximate surface area is 133 Å². The highest BCUT2D eigenvalue weighted by atomic mass is 32.1. The Bertz CT molecular complexity index is 666. The van der Waals surface area contributed by atoms with E-state index in [1.807, 2.05) is 37.4 Å². The van der Waals surface area contributed by atoms with Crippen LogP contribution in [-0.4, -0.2) is 23.5 Å². The van der Waals surface area contributed by atoms with Gasteiger partial charge in [0.15, 0.2) is 0 Å². The molecule has 5 heteroatoms. The van der Waals surface area contributed by atoms with Crippen LogP contribution in [0, 0.1) is 6.92 Å². The van der Waals surface area contributed by atoms with E-state index in [9.17, 15) is 14.7 Å². The molecule has 0 aliphatic heterocycles. The smallest absolute Gasteiger partial charge is 0.315 e. The van der Waals surface area contributed by atoms with Crippen LogP contribution in [0.2, 0.25) is 0 Å². The Kier molecular flexibility index (Phi) is 4.98. The Morgan fingerprint density at radius 1 is 1.27 bits per heavy atom. The van der Waals surface area contributed by atoms with Crippen molar-refractivity contribution in [1.29, 1.82) is 0 Å². The number of carbonyl (C=O) groups is 2. The molecule has 1 heterocycles. The Morgan fingerprint density at radius 2 is 1.95 bits per heavy atom. The van der Waals surface area contributed by atoms with Crippen molar-refractivity contribution in [2.75, 3.05) is 6.54 Å². The predicted molar refractivity (Wildman–Crippen MR) is 87.4 cm³/mol. The van der Waals surface area contributed by atoms with Gasteiger partial charge in [0, 0.05) is 6.54 Å². The lowest BCUT2D eigenvalue weighted by atomic mass is 9.78. The molecule has 0 saturated heterocycles. The summed E-state index contributed by atoms with van der Waals surface area (Å²) in [4.78, 5) is 24.6. The van der Waals surface area contributed by atoms with Gasteiger partial charge in [-0.3, -0.25) is 9.59 Å². The lowest BCUT2D eigenvalue weighted by Gasteiger charge is -2.29. The maximum absolute atomic E-state index is 12.2. The molecule has 0 aliphatic carbocycles. The largest absolute Gasteiger partial charge is 0.481 e. The fourth-order valence-electron chi connectivity index (χ4n) is 2.41. The van der Waals surface area contributed by atoms with Crippen LogP contribution in [0.25, 0.3) is 0 Å². The third-order valence-electron chi connectivity index (χ3n) is 3.84. The minimum atomic E-state index is -1.11. The first-order chi connectivity index (χ1) is 10.5. The van der Waals surface area contributed by atoms with Crippen molar-refractivity contribution in [3.05, 3.63) is 57.8 Å². The number of carboxylic acid groups (broad SMARTS) is 1. The average Bonchev–Trinajstić information content (AvgIpc) is 2.95. The number of hydrogen-bond donors (Lipinski definition) is 2. The van der Waals surface area contributed by atoms with Gasteiger partial charge in [0.05, 0.1) is 4.88 Å². The van der Waals surface area contributed by atoms with Crippen molar-refractivity contribution in [3.8, 4) is 0 Å². The SMILES string of the molecule is CCC(CNC(=O)c1cc(C)cs1)(C(=O)O)c1ccccc1. The first-order valence-corrected chi connectivity index (χ1v) is 8.00. The second-order valence-corrected chi connectivity index (χ2v) is 6.19. The fourth-order valence-corrected chi connectivity index (χ4v) is 3.22. The second-order valence-electron chi connectivity index (χ2n) is 5.28. The predicted octanol–water partition coefficient (Wildman–Crippen LogP) is 3.22. The molecule has 1 unspecified atom stereocenters. The number of thiophene rings is 1. The van der Waals surface area contributed by atoms with Gasteiger partial charge in [-0.1, -0.05) is 37.3 Å². The van der Waals surface area contributed by atoms with Gasteiger partial charge in [-0.05, 0) is 35.9 Å². The number of benzene rings is 1. The molecule has 1 amide bonds. The van der Waals surface area contributed by atoms with Crippen LogP contribution in [0.5, 0.6) is 0 Å². The number of hydrogen-bond acceptors (Lipinski definition) is 3. The van der Waals surface area contributed by atoms with Crippen molar-refractivity contribution in [1.82, 2.24) is 5.32 Å². The number of aliphatic carboxylic acids is 1. The molecule has 2 aromatic rings. The maximum atomic E-state index is 12.2. The zero-order valence-corrected chi connectivity index (χ0v) is 13.4. The van der Waals surface area contributed by atoms with Gasteiger partial charge in [-0.25, -0.2) is 0 Å². The molecule has 22 heavy (non-hydrogen) atoms. The Hall–Kier alpha value is -2.14. The number of amides is 1. The number of carboxylic acids is 1. The van der Waals surface area contributed by atoms with Crippen molar-refractivity contribution < 1.29 is 14.7 Å². The lowest BCUT2D eigenvalue weighted by Crippen LogP contribution is -2.46. The van der Waals surface area contributed by atoms with Gasteiger partial charge in [0.25, 0.3) is 5.91 Å². The number of nitrogens with one attached hydrogen (secondary N) is 1. The standard InChI is InChI=1S/C17H19NO3S/c1-3-17(16(20)21,13-7-5-4-6-8-13)11-18-15(19)14-9-12(2)10-22-14/h4-10H,3,11H2,1-2H3,(H,18,19)(H,20,21). The highest BCUT2D eigenvalue weighted by molar-refractivity contribution is 7.12. The quantitative estimate of drug-likeness (QED) is 0.859. The third-order valence-corrected chi connectivity index (χ3v) is 4.89. The van der Waals surface area contributed by atoms with E-state index in [-0.39, 0.29) is 12.5 Å². The second kappa shape index (κ2) is 6.75. The summed E-state index contributed by atoms with van der Waals surface area (Å²) < 4.78 is 0. The molecule has 2 rings (SSSR count). The van der Waals surface area contributed by atoms with Crippen LogP contribution >= 0.6 is 11.3 Å². The topological polar surface area (TPSA) is 66.4 Å². The van der Waals surface area contributed by atoms with Crippen LogP contribution < -0.4 is 5.32 Å². The summed E-state index contributed by atoms with van der Waals surface area (Å²) in [5.74, 6) is -1.16. The summed E-state index contributed by atoms with van der Waals surface area (Å²) in [5, 5.41) is 14.4. The molecular weight excluding hydrogens is 298 g/mol. The number of carbonyl (C=O) groups excluding carboxylic acids is 1. The van der Waals surface area contributed by atoms with E-state index in [2.05, 4.69) is 5.32 Å². The molecule has 0 radical (unpaired) electrons. The normalized spacial score (nSPS) is 13.4. The monoisotopic (exact) mass is 317 g/mol. The lowest BCUT2D eigenvalue weighted by molar-refractivity contribution is -0.143. The van der Waals surface area contributed by atoms with E-state index < -0.39 is 11.4 Å². The molecule has 0 aliphatic rings. The highest BCUT2D eigenvalue weighted by Crippen LogP contribution is 2.28. The maximum Gasteiger partial charge on any atom is 0.315 e. The molecule has 0 fully saturated rings. The van der Waals surface area contributed by atoms with Gasteiger partial charge < -0.3 is 10.4 Å². The van der Waals surface area contributed by atoms with E-state index in [1.54, 1.807) is 18.2 Å². The van der Waals surface area contributed by atoms with Crippen LogP contribution in [0.4, 0.5) is 0 Å². The Morgan fingerprint density at radius 3 is 2.45 bits per heavy atom. The minimum Gasteiger partial charge on any atom is -0.481 e. The fraction of sp³-hybridized carbons (Fsp3) is 0.294.